The van der Waals surface area contributed by atoms with Gasteiger partial charge in [-0.2, -0.15) is 0 Å². The van der Waals surface area contributed by atoms with Crippen LogP contribution in [-0.4, -0.2) is 26.1 Å². The van der Waals surface area contributed by atoms with Gasteiger partial charge in [-0.05, 0) is 46.3 Å². The van der Waals surface area contributed by atoms with Crippen LogP contribution in [0.15, 0.2) is 83.7 Å². The van der Waals surface area contributed by atoms with Gasteiger partial charge in [0, 0.05) is 5.56 Å². The lowest BCUT2D eigenvalue weighted by atomic mass is 10.0. The zero-order chi connectivity index (χ0) is 17.8. The zero-order valence-electron chi connectivity index (χ0n) is 13.7. The number of furan rings is 1. The molecule has 1 amide bonds. The molecule has 0 saturated heterocycles. The molecule has 1 N–H and O–H groups in total. The Bertz CT molecular complexity index is 982. The summed E-state index contributed by atoms with van der Waals surface area (Å²) in [7, 11) is 0. The number of tetrazole rings is 1. The van der Waals surface area contributed by atoms with Gasteiger partial charge in [0.15, 0.2) is 0 Å². The van der Waals surface area contributed by atoms with Crippen molar-refractivity contribution >= 4 is 5.91 Å². The SMILES string of the molecule is O=C(NC(c1ccccc1)c1ccco1)c1cccc(-n2cnnn2)c1. The highest BCUT2D eigenvalue weighted by Gasteiger charge is 2.20. The highest BCUT2D eigenvalue weighted by atomic mass is 16.3. The largest absolute Gasteiger partial charge is 0.467 e. The number of carbonyl (C=O) groups excluding carboxylic acids is 1. The lowest BCUT2D eigenvalue weighted by Crippen LogP contribution is -2.29. The van der Waals surface area contributed by atoms with E-state index in [9.17, 15) is 4.79 Å². The van der Waals surface area contributed by atoms with Crippen molar-refractivity contribution in [2.24, 2.45) is 0 Å². The van der Waals surface area contributed by atoms with E-state index in [1.165, 1.54) is 11.0 Å². The minimum absolute atomic E-state index is 0.217. The molecule has 2 heterocycles. The van der Waals surface area contributed by atoms with Gasteiger partial charge in [-0.15, -0.1) is 5.10 Å². The second-order valence-electron chi connectivity index (χ2n) is 5.64. The second kappa shape index (κ2) is 7.02. The van der Waals surface area contributed by atoms with Crippen molar-refractivity contribution in [3.05, 3.63) is 96.2 Å². The van der Waals surface area contributed by atoms with Crippen LogP contribution in [0.3, 0.4) is 0 Å². The fourth-order valence-corrected chi connectivity index (χ4v) is 2.70. The molecule has 0 radical (unpaired) electrons. The maximum Gasteiger partial charge on any atom is 0.252 e. The molecule has 1 unspecified atom stereocenters. The van der Waals surface area contributed by atoms with Crippen LogP contribution < -0.4 is 5.32 Å². The molecule has 0 aliphatic rings. The van der Waals surface area contributed by atoms with Crippen LogP contribution >= 0.6 is 0 Å². The maximum absolute atomic E-state index is 12.8. The summed E-state index contributed by atoms with van der Waals surface area (Å²) in [4.78, 5) is 12.8. The molecule has 4 aromatic rings. The number of carbonyl (C=O) groups is 1. The molecule has 2 aromatic heterocycles. The number of hydrogen-bond donors (Lipinski definition) is 1. The number of aromatic nitrogens is 4. The van der Waals surface area contributed by atoms with Crippen molar-refractivity contribution < 1.29 is 9.21 Å². The van der Waals surface area contributed by atoms with E-state index in [1.807, 2.05) is 42.5 Å². The van der Waals surface area contributed by atoms with Crippen molar-refractivity contribution in [1.82, 2.24) is 25.5 Å². The summed E-state index contributed by atoms with van der Waals surface area (Å²) < 4.78 is 7.02. The van der Waals surface area contributed by atoms with E-state index in [0.29, 0.717) is 17.0 Å². The third kappa shape index (κ3) is 3.23. The number of amides is 1. The summed E-state index contributed by atoms with van der Waals surface area (Å²) in [6, 6.07) is 20.0. The van der Waals surface area contributed by atoms with E-state index in [-0.39, 0.29) is 11.9 Å². The number of benzene rings is 2. The van der Waals surface area contributed by atoms with Crippen LogP contribution in [0.4, 0.5) is 0 Å². The van der Waals surface area contributed by atoms with Crippen molar-refractivity contribution in [3.63, 3.8) is 0 Å². The molecule has 1 atom stereocenters. The molecule has 0 aliphatic heterocycles. The van der Waals surface area contributed by atoms with Crippen LogP contribution in [0.25, 0.3) is 5.69 Å². The molecule has 7 heteroatoms. The third-order valence-corrected chi connectivity index (χ3v) is 3.96. The summed E-state index contributed by atoms with van der Waals surface area (Å²) in [6.45, 7) is 0. The average Bonchev–Trinajstić information content (AvgIpc) is 3.40. The van der Waals surface area contributed by atoms with E-state index in [0.717, 1.165) is 5.56 Å². The van der Waals surface area contributed by atoms with Crippen molar-refractivity contribution in [1.29, 1.82) is 0 Å². The van der Waals surface area contributed by atoms with Crippen LogP contribution in [-0.2, 0) is 0 Å². The Kier molecular flexibility index (Phi) is 4.26. The Morgan fingerprint density at radius 3 is 2.65 bits per heavy atom. The summed E-state index contributed by atoms with van der Waals surface area (Å²) in [5.41, 5.74) is 2.15. The Hall–Kier alpha value is -3.74. The second-order valence-corrected chi connectivity index (χ2v) is 5.64. The molecule has 0 spiro atoms. The van der Waals surface area contributed by atoms with Crippen LogP contribution in [0.2, 0.25) is 0 Å². The van der Waals surface area contributed by atoms with Gasteiger partial charge in [-0.1, -0.05) is 36.4 Å². The summed E-state index contributed by atoms with van der Waals surface area (Å²) >= 11 is 0. The van der Waals surface area contributed by atoms with Gasteiger partial charge < -0.3 is 9.73 Å². The van der Waals surface area contributed by atoms with Crippen molar-refractivity contribution in [2.75, 3.05) is 0 Å². The average molecular weight is 345 g/mol. The molecule has 0 fully saturated rings. The molecular weight excluding hydrogens is 330 g/mol. The smallest absolute Gasteiger partial charge is 0.252 e. The van der Waals surface area contributed by atoms with Gasteiger partial charge in [0.1, 0.15) is 18.1 Å². The van der Waals surface area contributed by atoms with Gasteiger partial charge in [-0.25, -0.2) is 4.68 Å². The Morgan fingerprint density at radius 1 is 1.04 bits per heavy atom. The fraction of sp³-hybridized carbons (Fsp3) is 0.0526. The third-order valence-electron chi connectivity index (χ3n) is 3.96. The molecule has 0 bridgehead atoms. The molecule has 4 rings (SSSR count). The van der Waals surface area contributed by atoms with Gasteiger partial charge in [0.25, 0.3) is 5.91 Å². The van der Waals surface area contributed by atoms with Gasteiger partial charge >= 0.3 is 0 Å². The standard InChI is InChI=1S/C19H15N5O2/c25-19(15-8-4-9-16(12-15)24-13-20-22-23-24)21-18(17-10-5-11-26-17)14-6-2-1-3-7-14/h1-13,18H,(H,21,25). The lowest BCUT2D eigenvalue weighted by Gasteiger charge is -2.17. The molecule has 7 nitrogen and oxygen atoms in total. The van der Waals surface area contributed by atoms with Gasteiger partial charge in [0.2, 0.25) is 0 Å². The molecule has 128 valence electrons. The topological polar surface area (TPSA) is 85.8 Å². The first kappa shape index (κ1) is 15.8. The van der Waals surface area contributed by atoms with Crippen LogP contribution in [0.5, 0.6) is 0 Å². The Morgan fingerprint density at radius 2 is 1.92 bits per heavy atom. The van der Waals surface area contributed by atoms with Crippen molar-refractivity contribution in [2.45, 2.75) is 6.04 Å². The number of hydrogen-bond acceptors (Lipinski definition) is 5. The predicted molar refractivity (Wildman–Crippen MR) is 93.6 cm³/mol. The number of nitrogens with zero attached hydrogens (tertiary/aromatic N) is 4. The van der Waals surface area contributed by atoms with Gasteiger partial charge in [0.05, 0.1) is 12.0 Å². The first-order valence-electron chi connectivity index (χ1n) is 8.04. The maximum atomic E-state index is 12.8. The minimum Gasteiger partial charge on any atom is -0.467 e. The fourth-order valence-electron chi connectivity index (χ4n) is 2.70. The van der Waals surface area contributed by atoms with Crippen LogP contribution in [0.1, 0.15) is 27.7 Å². The highest BCUT2D eigenvalue weighted by Crippen LogP contribution is 2.23. The molecule has 0 saturated carbocycles. The molecular formula is C19H15N5O2. The number of rotatable bonds is 5. The van der Waals surface area contributed by atoms with Crippen LogP contribution in [0, 0.1) is 0 Å². The van der Waals surface area contributed by atoms with Crippen molar-refractivity contribution in [3.8, 4) is 5.69 Å². The summed E-state index contributed by atoms with van der Waals surface area (Å²) in [6.07, 6.45) is 3.07. The monoisotopic (exact) mass is 345 g/mol. The Balaban J connectivity index is 1.62. The molecule has 2 aromatic carbocycles. The normalized spacial score (nSPS) is 11.8. The lowest BCUT2D eigenvalue weighted by molar-refractivity contribution is 0.0939. The number of nitrogens with one attached hydrogen (secondary N) is 1. The first-order valence-corrected chi connectivity index (χ1v) is 8.04. The minimum atomic E-state index is -0.379. The van der Waals surface area contributed by atoms with E-state index in [1.54, 1.807) is 30.5 Å². The van der Waals surface area contributed by atoms with E-state index in [4.69, 9.17) is 4.42 Å². The zero-order valence-corrected chi connectivity index (χ0v) is 13.7. The summed E-state index contributed by atoms with van der Waals surface area (Å²) in [5, 5.41) is 14.1. The highest BCUT2D eigenvalue weighted by molar-refractivity contribution is 5.95. The van der Waals surface area contributed by atoms with E-state index >= 15 is 0 Å². The van der Waals surface area contributed by atoms with E-state index < -0.39 is 0 Å². The Labute approximate surface area is 149 Å². The first-order chi connectivity index (χ1) is 12.8. The van der Waals surface area contributed by atoms with Gasteiger partial charge in [-0.3, -0.25) is 4.79 Å². The molecule has 0 aliphatic carbocycles. The van der Waals surface area contributed by atoms with E-state index in [2.05, 4.69) is 20.8 Å². The predicted octanol–water partition coefficient (Wildman–Crippen LogP) is 2.77. The molecule has 26 heavy (non-hydrogen) atoms. The quantitative estimate of drug-likeness (QED) is 0.601. The summed E-state index contributed by atoms with van der Waals surface area (Å²) in [5.74, 6) is 0.450.